The van der Waals surface area contributed by atoms with Gasteiger partial charge in [0.05, 0.1) is 5.56 Å². The number of nitrogens with two attached hydrogens (primary N) is 1. The lowest BCUT2D eigenvalue weighted by atomic mass is 9.94. The predicted molar refractivity (Wildman–Crippen MR) is 74.2 cm³/mol. The number of anilines is 1. The van der Waals surface area contributed by atoms with E-state index in [1.54, 1.807) is 6.07 Å². The van der Waals surface area contributed by atoms with Crippen molar-refractivity contribution in [3.63, 3.8) is 0 Å². The zero-order valence-corrected chi connectivity index (χ0v) is 11.7. The fourth-order valence-corrected chi connectivity index (χ4v) is 2.92. The van der Waals surface area contributed by atoms with Crippen LogP contribution in [0.25, 0.3) is 0 Å². The van der Waals surface area contributed by atoms with Gasteiger partial charge in [-0.2, -0.15) is 13.2 Å². The third-order valence-electron chi connectivity index (χ3n) is 4.12. The van der Waals surface area contributed by atoms with Crippen molar-refractivity contribution in [2.75, 3.05) is 12.8 Å². The van der Waals surface area contributed by atoms with Crippen LogP contribution in [0.2, 0.25) is 0 Å². The zero-order chi connectivity index (χ0) is 14.8. The van der Waals surface area contributed by atoms with Gasteiger partial charge < -0.3 is 5.73 Å². The molecule has 20 heavy (non-hydrogen) atoms. The Morgan fingerprint density at radius 2 is 1.85 bits per heavy atom. The van der Waals surface area contributed by atoms with Crippen LogP contribution < -0.4 is 5.73 Å². The summed E-state index contributed by atoms with van der Waals surface area (Å²) in [6.45, 7) is 0.473. The van der Waals surface area contributed by atoms with Gasteiger partial charge in [0.1, 0.15) is 0 Å². The van der Waals surface area contributed by atoms with Gasteiger partial charge in [-0.25, -0.2) is 0 Å². The number of nitrogen functional groups attached to an aromatic ring is 1. The minimum absolute atomic E-state index is 0.136. The van der Waals surface area contributed by atoms with Gasteiger partial charge in [-0.1, -0.05) is 31.4 Å². The molecule has 1 saturated carbocycles. The van der Waals surface area contributed by atoms with E-state index in [0.717, 1.165) is 18.9 Å². The fraction of sp³-hybridized carbons (Fsp3) is 0.600. The number of nitrogens with zero attached hydrogens (tertiary/aromatic N) is 1. The molecule has 0 radical (unpaired) electrons. The molecule has 1 aliphatic rings. The van der Waals surface area contributed by atoms with E-state index in [-0.39, 0.29) is 5.69 Å². The molecular weight excluding hydrogens is 265 g/mol. The molecule has 112 valence electrons. The number of rotatable bonds is 3. The molecule has 1 aliphatic carbocycles. The number of halogens is 3. The Balaban J connectivity index is 2.13. The van der Waals surface area contributed by atoms with Crippen molar-refractivity contribution in [3.05, 3.63) is 29.3 Å². The van der Waals surface area contributed by atoms with Gasteiger partial charge in [0.15, 0.2) is 0 Å². The average molecular weight is 286 g/mol. The van der Waals surface area contributed by atoms with Crippen molar-refractivity contribution >= 4 is 5.69 Å². The Hall–Kier alpha value is -1.23. The molecule has 0 heterocycles. The van der Waals surface area contributed by atoms with E-state index in [2.05, 4.69) is 4.90 Å². The molecule has 0 bridgehead atoms. The summed E-state index contributed by atoms with van der Waals surface area (Å²) in [5.74, 6) is 0. The molecular formula is C15H21F3N2. The number of alkyl halides is 3. The minimum atomic E-state index is -4.39. The van der Waals surface area contributed by atoms with Crippen LogP contribution in [0.15, 0.2) is 18.2 Å². The van der Waals surface area contributed by atoms with Crippen LogP contribution in [0.5, 0.6) is 0 Å². The highest BCUT2D eigenvalue weighted by Crippen LogP contribution is 2.35. The zero-order valence-electron chi connectivity index (χ0n) is 11.7. The summed E-state index contributed by atoms with van der Waals surface area (Å²) in [5, 5.41) is 0. The van der Waals surface area contributed by atoms with Gasteiger partial charge in [0, 0.05) is 18.3 Å². The summed E-state index contributed by atoms with van der Waals surface area (Å²) in [6.07, 6.45) is 1.52. The van der Waals surface area contributed by atoms with E-state index >= 15 is 0 Å². The van der Waals surface area contributed by atoms with Gasteiger partial charge in [0.25, 0.3) is 0 Å². The first-order valence-corrected chi connectivity index (χ1v) is 7.04. The van der Waals surface area contributed by atoms with Crippen LogP contribution in [-0.2, 0) is 12.7 Å². The molecule has 0 aliphatic heterocycles. The second-order valence-corrected chi connectivity index (χ2v) is 5.58. The van der Waals surface area contributed by atoms with Crippen molar-refractivity contribution in [2.45, 2.75) is 50.9 Å². The molecule has 0 amide bonds. The van der Waals surface area contributed by atoms with Crippen LogP contribution in [0, 0.1) is 0 Å². The molecule has 0 unspecified atom stereocenters. The van der Waals surface area contributed by atoms with Crippen molar-refractivity contribution in [1.82, 2.24) is 4.90 Å². The highest BCUT2D eigenvalue weighted by atomic mass is 19.4. The van der Waals surface area contributed by atoms with E-state index in [0.29, 0.717) is 18.2 Å². The summed E-state index contributed by atoms with van der Waals surface area (Å²) in [7, 11) is 1.97. The van der Waals surface area contributed by atoms with Gasteiger partial charge in [-0.15, -0.1) is 0 Å². The maximum Gasteiger partial charge on any atom is 0.418 e. The van der Waals surface area contributed by atoms with E-state index in [9.17, 15) is 13.2 Å². The highest BCUT2D eigenvalue weighted by molar-refractivity contribution is 5.55. The smallest absolute Gasteiger partial charge is 0.398 e. The summed E-state index contributed by atoms with van der Waals surface area (Å²) >= 11 is 0. The molecule has 0 spiro atoms. The van der Waals surface area contributed by atoms with Crippen molar-refractivity contribution in [1.29, 1.82) is 0 Å². The Kier molecular flexibility index (Phi) is 4.58. The molecule has 2 nitrogen and oxygen atoms in total. The van der Waals surface area contributed by atoms with E-state index < -0.39 is 11.7 Å². The van der Waals surface area contributed by atoms with Crippen LogP contribution in [0.4, 0.5) is 18.9 Å². The second kappa shape index (κ2) is 6.04. The second-order valence-electron chi connectivity index (χ2n) is 5.58. The van der Waals surface area contributed by atoms with Gasteiger partial charge in [-0.05, 0) is 31.5 Å². The molecule has 1 aromatic rings. The lowest BCUT2D eigenvalue weighted by Gasteiger charge is -2.31. The Labute approximate surface area is 117 Å². The number of benzene rings is 1. The normalized spacial score (nSPS) is 17.6. The van der Waals surface area contributed by atoms with Crippen molar-refractivity contribution in [2.24, 2.45) is 0 Å². The maximum absolute atomic E-state index is 12.8. The number of hydrogen-bond acceptors (Lipinski definition) is 2. The van der Waals surface area contributed by atoms with Crippen LogP contribution in [0.1, 0.15) is 43.2 Å². The fourth-order valence-electron chi connectivity index (χ4n) is 2.92. The SMILES string of the molecule is CN(Cc1cccc(C(F)(F)F)c1N)C1CCCCC1. The first-order chi connectivity index (χ1) is 9.39. The number of para-hydroxylation sites is 1. The molecule has 1 aromatic carbocycles. The standard InChI is InChI=1S/C15H21F3N2/c1-20(12-7-3-2-4-8-12)10-11-6-5-9-13(14(11)19)15(16,17)18/h5-6,9,12H,2-4,7-8,10,19H2,1H3. The Morgan fingerprint density at radius 1 is 1.20 bits per heavy atom. The average Bonchev–Trinajstić information content (AvgIpc) is 2.40. The van der Waals surface area contributed by atoms with Gasteiger partial charge in [0.2, 0.25) is 0 Å². The summed E-state index contributed by atoms with van der Waals surface area (Å²) in [6, 6.07) is 4.62. The van der Waals surface area contributed by atoms with Crippen LogP contribution in [-0.4, -0.2) is 18.0 Å². The molecule has 2 N–H and O–H groups in total. The molecule has 0 atom stereocenters. The lowest BCUT2D eigenvalue weighted by Crippen LogP contribution is -2.33. The monoisotopic (exact) mass is 286 g/mol. The summed E-state index contributed by atoms with van der Waals surface area (Å²) < 4.78 is 38.5. The summed E-state index contributed by atoms with van der Waals surface area (Å²) in [4.78, 5) is 2.13. The molecule has 5 heteroatoms. The third-order valence-corrected chi connectivity index (χ3v) is 4.12. The van der Waals surface area contributed by atoms with Crippen molar-refractivity contribution in [3.8, 4) is 0 Å². The van der Waals surface area contributed by atoms with E-state index in [4.69, 9.17) is 5.73 Å². The first-order valence-electron chi connectivity index (χ1n) is 7.04. The Morgan fingerprint density at radius 3 is 2.45 bits per heavy atom. The van der Waals surface area contributed by atoms with Crippen LogP contribution in [0.3, 0.4) is 0 Å². The van der Waals surface area contributed by atoms with E-state index in [1.165, 1.54) is 25.3 Å². The molecule has 1 fully saturated rings. The predicted octanol–water partition coefficient (Wildman–Crippen LogP) is 4.05. The lowest BCUT2D eigenvalue weighted by molar-refractivity contribution is -0.136. The maximum atomic E-state index is 12.8. The molecule has 0 saturated heterocycles. The first kappa shape index (κ1) is 15.2. The highest BCUT2D eigenvalue weighted by Gasteiger charge is 2.33. The third kappa shape index (κ3) is 3.45. The van der Waals surface area contributed by atoms with E-state index in [1.807, 2.05) is 7.05 Å². The minimum Gasteiger partial charge on any atom is -0.398 e. The molecule has 0 aromatic heterocycles. The van der Waals surface area contributed by atoms with Crippen molar-refractivity contribution < 1.29 is 13.2 Å². The van der Waals surface area contributed by atoms with Gasteiger partial charge >= 0.3 is 6.18 Å². The van der Waals surface area contributed by atoms with Crippen LogP contribution >= 0.6 is 0 Å². The quantitative estimate of drug-likeness (QED) is 0.849. The van der Waals surface area contributed by atoms with Gasteiger partial charge in [-0.3, -0.25) is 4.90 Å². The largest absolute Gasteiger partial charge is 0.418 e. The topological polar surface area (TPSA) is 29.3 Å². The summed E-state index contributed by atoms with van der Waals surface area (Å²) in [5.41, 5.74) is 5.40. The molecule has 2 rings (SSSR count). The number of hydrogen-bond donors (Lipinski definition) is 1. The Bertz CT molecular complexity index is 451.